The van der Waals surface area contributed by atoms with E-state index >= 15 is 0 Å². The Balaban J connectivity index is 2.11. The molecule has 0 aliphatic heterocycles. The zero-order valence-electron chi connectivity index (χ0n) is 16.9. The fraction of sp³-hybridized carbons (Fsp3) is 0.316. The molecule has 2 N–H and O–H groups in total. The summed E-state index contributed by atoms with van der Waals surface area (Å²) in [6.07, 6.45) is 0.445. The van der Waals surface area contributed by atoms with Gasteiger partial charge in [-0.1, -0.05) is 6.92 Å². The number of nitrogens with one attached hydrogen (secondary N) is 2. The molecule has 1 aromatic carbocycles. The first-order chi connectivity index (χ1) is 14.2. The molecule has 160 valence electrons. The van der Waals surface area contributed by atoms with Crippen LogP contribution in [0.5, 0.6) is 5.75 Å². The topological polar surface area (TPSA) is 150 Å². The zero-order valence-corrected chi connectivity index (χ0v) is 16.9. The molecule has 1 amide bonds. The molecular formula is C19H21N3O8. The van der Waals surface area contributed by atoms with Gasteiger partial charge in [-0.15, -0.1) is 0 Å². The number of H-pyrrole nitrogens is 1. The summed E-state index contributed by atoms with van der Waals surface area (Å²) in [5, 5.41) is 13.5. The number of hydrogen-bond acceptors (Lipinski definition) is 8. The van der Waals surface area contributed by atoms with Gasteiger partial charge in [-0.2, -0.15) is 0 Å². The lowest BCUT2D eigenvalue weighted by molar-refractivity contribution is -0.384. The van der Waals surface area contributed by atoms with Crippen molar-refractivity contribution < 1.29 is 33.5 Å². The van der Waals surface area contributed by atoms with E-state index in [1.807, 2.05) is 0 Å². The average Bonchev–Trinajstić information content (AvgIpc) is 3.07. The molecular weight excluding hydrogens is 398 g/mol. The molecule has 0 saturated heterocycles. The Morgan fingerprint density at radius 1 is 1.20 bits per heavy atom. The maximum Gasteiger partial charge on any atom is 0.355 e. The summed E-state index contributed by atoms with van der Waals surface area (Å²) in [6, 6.07) is 3.91. The van der Waals surface area contributed by atoms with Gasteiger partial charge in [0.2, 0.25) is 0 Å². The number of aromatic amines is 1. The molecule has 0 aliphatic carbocycles. The van der Waals surface area contributed by atoms with E-state index in [0.717, 1.165) is 6.07 Å². The molecule has 0 radical (unpaired) electrons. The number of nitro benzene ring substituents is 1. The molecule has 0 bridgehead atoms. The number of aromatic nitrogens is 1. The van der Waals surface area contributed by atoms with E-state index in [4.69, 9.17) is 14.2 Å². The smallest absolute Gasteiger partial charge is 0.355 e. The van der Waals surface area contributed by atoms with Crippen LogP contribution in [0.15, 0.2) is 18.2 Å². The van der Waals surface area contributed by atoms with Crippen LogP contribution in [0.2, 0.25) is 0 Å². The third kappa shape index (κ3) is 4.74. The number of nitro groups is 1. The monoisotopic (exact) mass is 419 g/mol. The van der Waals surface area contributed by atoms with Crippen LogP contribution in [0.3, 0.4) is 0 Å². The molecule has 0 spiro atoms. The second kappa shape index (κ2) is 9.54. The average molecular weight is 419 g/mol. The summed E-state index contributed by atoms with van der Waals surface area (Å²) >= 11 is 0. The number of anilines is 1. The third-order valence-corrected chi connectivity index (χ3v) is 4.28. The first kappa shape index (κ1) is 22.4. The van der Waals surface area contributed by atoms with Gasteiger partial charge in [-0.25, -0.2) is 9.59 Å². The molecule has 0 saturated carbocycles. The highest BCUT2D eigenvalue weighted by Gasteiger charge is 2.25. The zero-order chi connectivity index (χ0) is 22.4. The normalized spacial score (nSPS) is 10.3. The number of carbonyl (C=O) groups excluding carboxylic acids is 3. The van der Waals surface area contributed by atoms with Crippen molar-refractivity contribution in [3.8, 4) is 5.75 Å². The number of ether oxygens (including phenoxy) is 3. The van der Waals surface area contributed by atoms with E-state index in [-0.39, 0.29) is 28.4 Å². The molecule has 1 aromatic heterocycles. The van der Waals surface area contributed by atoms with Gasteiger partial charge in [0, 0.05) is 5.69 Å². The van der Waals surface area contributed by atoms with Crippen LogP contribution < -0.4 is 10.1 Å². The molecule has 11 heteroatoms. The summed E-state index contributed by atoms with van der Waals surface area (Å²) in [6.45, 7) is 2.66. The molecule has 11 nitrogen and oxygen atoms in total. The predicted octanol–water partition coefficient (Wildman–Crippen LogP) is 2.38. The van der Waals surface area contributed by atoms with Crippen molar-refractivity contribution in [1.29, 1.82) is 0 Å². The number of carbonyl (C=O) groups is 3. The number of amides is 1. The minimum atomic E-state index is -0.850. The maximum atomic E-state index is 12.4. The number of benzene rings is 1. The summed E-state index contributed by atoms with van der Waals surface area (Å²) < 4.78 is 14.6. The summed E-state index contributed by atoms with van der Waals surface area (Å²) in [5.74, 6) is -1.97. The second-order valence-electron chi connectivity index (χ2n) is 6.09. The number of esters is 2. The Labute approximate surface area is 171 Å². The highest BCUT2D eigenvalue weighted by molar-refractivity contribution is 6.00. The van der Waals surface area contributed by atoms with E-state index < -0.39 is 29.4 Å². The Hall–Kier alpha value is -3.89. The van der Waals surface area contributed by atoms with Gasteiger partial charge < -0.3 is 24.5 Å². The maximum absolute atomic E-state index is 12.4. The lowest BCUT2D eigenvalue weighted by atomic mass is 10.1. The van der Waals surface area contributed by atoms with Crippen molar-refractivity contribution in [2.24, 2.45) is 0 Å². The Morgan fingerprint density at radius 3 is 2.47 bits per heavy atom. The predicted molar refractivity (Wildman–Crippen MR) is 105 cm³/mol. The van der Waals surface area contributed by atoms with Crippen molar-refractivity contribution in [3.63, 3.8) is 0 Å². The van der Waals surface area contributed by atoms with Crippen LogP contribution in [0.4, 0.5) is 11.4 Å². The molecule has 2 aromatic rings. The van der Waals surface area contributed by atoms with E-state index in [1.54, 1.807) is 13.8 Å². The minimum Gasteiger partial charge on any atom is -0.496 e. The van der Waals surface area contributed by atoms with E-state index in [0.29, 0.717) is 17.7 Å². The highest BCUT2D eigenvalue weighted by atomic mass is 16.6. The Morgan fingerprint density at radius 2 is 1.90 bits per heavy atom. The number of rotatable bonds is 8. The van der Waals surface area contributed by atoms with Gasteiger partial charge in [-0.05, 0) is 31.0 Å². The van der Waals surface area contributed by atoms with Crippen LogP contribution in [0, 0.1) is 17.0 Å². The van der Waals surface area contributed by atoms with Crippen molar-refractivity contribution in [2.75, 3.05) is 26.1 Å². The number of aryl methyl sites for hydroxylation is 1. The van der Waals surface area contributed by atoms with Crippen molar-refractivity contribution in [3.05, 3.63) is 50.8 Å². The van der Waals surface area contributed by atoms with Gasteiger partial charge in [0.15, 0.2) is 6.61 Å². The van der Waals surface area contributed by atoms with Gasteiger partial charge in [-0.3, -0.25) is 14.9 Å². The van der Waals surface area contributed by atoms with E-state index in [2.05, 4.69) is 10.3 Å². The molecule has 1 heterocycles. The molecule has 0 atom stereocenters. The molecule has 0 fully saturated rings. The first-order valence-electron chi connectivity index (χ1n) is 8.82. The molecule has 2 rings (SSSR count). The minimum absolute atomic E-state index is 0.0236. The summed E-state index contributed by atoms with van der Waals surface area (Å²) in [5.41, 5.74) is 0.670. The number of hydrogen-bond donors (Lipinski definition) is 2. The number of nitrogens with zero attached hydrogens (tertiary/aromatic N) is 1. The van der Waals surface area contributed by atoms with Crippen LogP contribution in [0.1, 0.15) is 39.0 Å². The first-order valence-corrected chi connectivity index (χ1v) is 8.82. The van der Waals surface area contributed by atoms with Gasteiger partial charge in [0.05, 0.1) is 30.8 Å². The largest absolute Gasteiger partial charge is 0.496 e. The van der Waals surface area contributed by atoms with Crippen molar-refractivity contribution in [1.82, 2.24) is 4.98 Å². The number of methoxy groups -OCH3 is 2. The van der Waals surface area contributed by atoms with E-state index in [1.165, 1.54) is 26.4 Å². The van der Waals surface area contributed by atoms with Crippen molar-refractivity contribution in [2.45, 2.75) is 20.3 Å². The van der Waals surface area contributed by atoms with Gasteiger partial charge >= 0.3 is 11.9 Å². The van der Waals surface area contributed by atoms with E-state index in [9.17, 15) is 24.5 Å². The SMILES string of the molecule is CCc1[nH]c(C(=O)OCC(=O)Nc2ccc(OC)cc2[N+](=O)[O-])c(C)c1C(=O)OC. The fourth-order valence-electron chi connectivity index (χ4n) is 2.79. The Bertz CT molecular complexity index is 996. The van der Waals surface area contributed by atoms with Crippen LogP contribution in [-0.2, 0) is 20.7 Å². The van der Waals surface area contributed by atoms with Crippen LogP contribution >= 0.6 is 0 Å². The third-order valence-electron chi connectivity index (χ3n) is 4.28. The standard InChI is InChI=1S/C19H21N3O8/c1-5-12-16(18(24)29-4)10(2)17(21-12)19(25)30-9-15(23)20-13-7-6-11(28-3)8-14(13)22(26)27/h6-8,21H,5,9H2,1-4H3,(H,20,23). The van der Waals surface area contributed by atoms with Gasteiger partial charge in [0.25, 0.3) is 11.6 Å². The lowest BCUT2D eigenvalue weighted by Crippen LogP contribution is -2.22. The fourth-order valence-corrected chi connectivity index (χ4v) is 2.79. The second-order valence-corrected chi connectivity index (χ2v) is 6.09. The molecule has 30 heavy (non-hydrogen) atoms. The lowest BCUT2D eigenvalue weighted by Gasteiger charge is -2.08. The summed E-state index contributed by atoms with van der Waals surface area (Å²) in [7, 11) is 2.59. The van der Waals surface area contributed by atoms with Gasteiger partial charge in [0.1, 0.15) is 17.1 Å². The van der Waals surface area contributed by atoms with Crippen LogP contribution in [0.25, 0.3) is 0 Å². The molecule has 0 aliphatic rings. The Kier molecular flexibility index (Phi) is 7.13. The highest BCUT2D eigenvalue weighted by Crippen LogP contribution is 2.29. The molecule has 0 unspecified atom stereocenters. The summed E-state index contributed by atoms with van der Waals surface area (Å²) in [4.78, 5) is 49.7. The van der Waals surface area contributed by atoms with Crippen LogP contribution in [-0.4, -0.2) is 48.6 Å². The quantitative estimate of drug-likeness (QED) is 0.376. The van der Waals surface area contributed by atoms with Crippen molar-refractivity contribution >= 4 is 29.2 Å².